The van der Waals surface area contributed by atoms with Crippen LogP contribution < -0.4 is 15.2 Å². The largest absolute Gasteiger partial charge is 0.497 e. The minimum absolute atomic E-state index is 0.292. The molecule has 26 heavy (non-hydrogen) atoms. The van der Waals surface area contributed by atoms with Crippen LogP contribution in [-0.2, 0) is 12.8 Å². The summed E-state index contributed by atoms with van der Waals surface area (Å²) in [5.41, 5.74) is 10.4. The van der Waals surface area contributed by atoms with Crippen LogP contribution in [0.5, 0.6) is 11.5 Å². The number of fused-ring (bicyclic) bond motifs is 1. The fourth-order valence-corrected chi connectivity index (χ4v) is 3.92. The van der Waals surface area contributed by atoms with Crippen LogP contribution in [0.1, 0.15) is 43.0 Å². The van der Waals surface area contributed by atoms with Crippen molar-refractivity contribution in [3.05, 3.63) is 35.0 Å². The molecule has 1 aromatic carbocycles. The zero-order chi connectivity index (χ0) is 18.7. The smallest absolute Gasteiger partial charge is 0.142 e. The highest BCUT2D eigenvalue weighted by Crippen LogP contribution is 2.42. The molecule has 1 atom stereocenters. The summed E-state index contributed by atoms with van der Waals surface area (Å²) in [6, 6.07) is 7.90. The fraction of sp³-hybridized carbons (Fsp3) is 0.429. The van der Waals surface area contributed by atoms with Gasteiger partial charge in [0.05, 0.1) is 14.2 Å². The number of hydrogen-bond donors (Lipinski definition) is 1. The highest BCUT2D eigenvalue weighted by Gasteiger charge is 2.27. The molecule has 1 aliphatic carbocycles. The third-order valence-corrected chi connectivity index (χ3v) is 5.18. The highest BCUT2D eigenvalue weighted by atomic mass is 16.5. The summed E-state index contributed by atoms with van der Waals surface area (Å²) in [5.74, 6) is 2.32. The van der Waals surface area contributed by atoms with Gasteiger partial charge in [-0.05, 0) is 48.9 Å². The summed E-state index contributed by atoms with van der Waals surface area (Å²) in [5, 5.41) is 9.78. The van der Waals surface area contributed by atoms with Crippen LogP contribution in [0.2, 0.25) is 0 Å². The molecule has 136 valence electrons. The first-order valence-electron chi connectivity index (χ1n) is 9.06. The Morgan fingerprint density at radius 1 is 1.31 bits per heavy atom. The Bertz CT molecular complexity index is 855. The van der Waals surface area contributed by atoms with Gasteiger partial charge in [0.25, 0.3) is 0 Å². The monoisotopic (exact) mass is 351 g/mol. The molecule has 0 radical (unpaired) electrons. The fourth-order valence-electron chi connectivity index (χ4n) is 3.92. The SMILES string of the molecule is CCCC1CCc2nc(N)c(C#N)c(-c3cc(OC)ccc3OC)c2C1. The number of nitrogens with two attached hydrogens (primary N) is 1. The van der Waals surface area contributed by atoms with Crippen molar-refractivity contribution in [2.45, 2.75) is 39.0 Å². The van der Waals surface area contributed by atoms with Gasteiger partial charge in [-0.3, -0.25) is 0 Å². The van der Waals surface area contributed by atoms with Crippen LogP contribution in [0.3, 0.4) is 0 Å². The van der Waals surface area contributed by atoms with E-state index in [1.54, 1.807) is 14.2 Å². The first-order valence-corrected chi connectivity index (χ1v) is 9.06. The summed E-state index contributed by atoms with van der Waals surface area (Å²) < 4.78 is 11.0. The van der Waals surface area contributed by atoms with Crippen LogP contribution in [0, 0.1) is 17.2 Å². The molecule has 0 saturated heterocycles. The standard InChI is InChI=1S/C21H25N3O2/c1-4-5-13-6-8-18-15(10-13)20(17(12-22)21(23)24-18)16-11-14(25-2)7-9-19(16)26-3/h7,9,11,13H,4-6,8,10H2,1-3H3,(H2,23,24). The zero-order valence-corrected chi connectivity index (χ0v) is 15.6. The van der Waals surface area contributed by atoms with Gasteiger partial charge in [0.2, 0.25) is 0 Å². The summed E-state index contributed by atoms with van der Waals surface area (Å²) >= 11 is 0. The molecular formula is C21H25N3O2. The van der Waals surface area contributed by atoms with E-state index in [2.05, 4.69) is 18.0 Å². The second-order valence-corrected chi connectivity index (χ2v) is 6.75. The number of ether oxygens (including phenoxy) is 2. The van der Waals surface area contributed by atoms with Gasteiger partial charge in [-0.25, -0.2) is 4.98 Å². The summed E-state index contributed by atoms with van der Waals surface area (Å²) in [6.45, 7) is 2.21. The topological polar surface area (TPSA) is 81.2 Å². The molecule has 0 saturated carbocycles. The lowest BCUT2D eigenvalue weighted by molar-refractivity contribution is 0.404. The molecule has 3 rings (SSSR count). The first-order chi connectivity index (χ1) is 12.6. The van der Waals surface area contributed by atoms with Crippen molar-refractivity contribution in [2.24, 2.45) is 5.92 Å². The molecule has 1 aliphatic rings. The third kappa shape index (κ3) is 3.20. The molecule has 2 N–H and O–H groups in total. The summed E-state index contributed by atoms with van der Waals surface area (Å²) in [6.07, 6.45) is 5.27. The normalized spacial score (nSPS) is 15.8. The first kappa shape index (κ1) is 18.1. The van der Waals surface area contributed by atoms with Gasteiger partial charge in [0.15, 0.2) is 0 Å². The van der Waals surface area contributed by atoms with E-state index in [4.69, 9.17) is 15.2 Å². The number of pyridine rings is 1. The maximum absolute atomic E-state index is 9.78. The van der Waals surface area contributed by atoms with Gasteiger partial charge in [0, 0.05) is 16.8 Å². The summed E-state index contributed by atoms with van der Waals surface area (Å²) in [7, 11) is 3.26. The predicted molar refractivity (Wildman–Crippen MR) is 102 cm³/mol. The van der Waals surface area contributed by atoms with Crippen molar-refractivity contribution in [1.82, 2.24) is 4.98 Å². The lowest BCUT2D eigenvalue weighted by Crippen LogP contribution is -2.18. The van der Waals surface area contributed by atoms with Crippen LogP contribution in [0.15, 0.2) is 18.2 Å². The Kier molecular flexibility index (Phi) is 5.32. The number of anilines is 1. The van der Waals surface area contributed by atoms with Crippen molar-refractivity contribution < 1.29 is 9.47 Å². The number of benzene rings is 1. The van der Waals surface area contributed by atoms with Crippen molar-refractivity contribution in [1.29, 1.82) is 5.26 Å². The second kappa shape index (κ2) is 7.65. The van der Waals surface area contributed by atoms with Crippen molar-refractivity contribution in [2.75, 3.05) is 20.0 Å². The van der Waals surface area contributed by atoms with Crippen molar-refractivity contribution in [3.63, 3.8) is 0 Å². The molecule has 0 bridgehead atoms. The van der Waals surface area contributed by atoms with E-state index in [9.17, 15) is 5.26 Å². The van der Waals surface area contributed by atoms with Gasteiger partial charge in [-0.2, -0.15) is 5.26 Å². The van der Waals surface area contributed by atoms with E-state index in [1.165, 1.54) is 6.42 Å². The molecular weight excluding hydrogens is 326 g/mol. The second-order valence-electron chi connectivity index (χ2n) is 6.75. The third-order valence-electron chi connectivity index (χ3n) is 5.18. The van der Waals surface area contributed by atoms with E-state index in [1.807, 2.05) is 18.2 Å². The average Bonchev–Trinajstić information content (AvgIpc) is 2.67. The van der Waals surface area contributed by atoms with Gasteiger partial charge in [-0.1, -0.05) is 19.8 Å². The van der Waals surface area contributed by atoms with Gasteiger partial charge in [-0.15, -0.1) is 0 Å². The highest BCUT2D eigenvalue weighted by molar-refractivity contribution is 5.83. The predicted octanol–water partition coefficient (Wildman–Crippen LogP) is 4.12. The van der Waals surface area contributed by atoms with Gasteiger partial charge in [0.1, 0.15) is 28.9 Å². The number of nitrogen functional groups attached to an aromatic ring is 1. The summed E-state index contributed by atoms with van der Waals surface area (Å²) in [4.78, 5) is 4.55. The maximum Gasteiger partial charge on any atom is 0.142 e. The Morgan fingerprint density at radius 3 is 2.77 bits per heavy atom. The van der Waals surface area contributed by atoms with Crippen LogP contribution in [0.25, 0.3) is 11.1 Å². The van der Waals surface area contributed by atoms with E-state index in [0.717, 1.165) is 53.8 Å². The molecule has 2 aromatic rings. The molecule has 1 aromatic heterocycles. The molecule has 0 fully saturated rings. The number of rotatable bonds is 5. The van der Waals surface area contributed by atoms with E-state index < -0.39 is 0 Å². The number of nitrogens with zero attached hydrogens (tertiary/aromatic N) is 2. The molecule has 0 amide bonds. The molecule has 1 heterocycles. The number of nitriles is 1. The van der Waals surface area contributed by atoms with Crippen LogP contribution >= 0.6 is 0 Å². The van der Waals surface area contributed by atoms with E-state index >= 15 is 0 Å². The van der Waals surface area contributed by atoms with Crippen LogP contribution in [0.4, 0.5) is 5.82 Å². The Morgan fingerprint density at radius 2 is 2.12 bits per heavy atom. The Hall–Kier alpha value is -2.74. The van der Waals surface area contributed by atoms with E-state index in [0.29, 0.717) is 23.0 Å². The minimum atomic E-state index is 0.292. The van der Waals surface area contributed by atoms with Gasteiger partial charge >= 0.3 is 0 Å². The minimum Gasteiger partial charge on any atom is -0.497 e. The number of methoxy groups -OCH3 is 2. The Balaban J connectivity index is 2.27. The molecule has 1 unspecified atom stereocenters. The lowest BCUT2D eigenvalue weighted by Gasteiger charge is -2.27. The molecule has 0 spiro atoms. The molecule has 0 aliphatic heterocycles. The number of aromatic nitrogens is 1. The van der Waals surface area contributed by atoms with E-state index in [-0.39, 0.29) is 0 Å². The van der Waals surface area contributed by atoms with Crippen molar-refractivity contribution in [3.8, 4) is 28.7 Å². The van der Waals surface area contributed by atoms with Crippen molar-refractivity contribution >= 4 is 5.82 Å². The van der Waals surface area contributed by atoms with Crippen LogP contribution in [-0.4, -0.2) is 19.2 Å². The van der Waals surface area contributed by atoms with Gasteiger partial charge < -0.3 is 15.2 Å². The quantitative estimate of drug-likeness (QED) is 0.876. The average molecular weight is 351 g/mol. The number of hydrogen-bond acceptors (Lipinski definition) is 5. The zero-order valence-electron chi connectivity index (χ0n) is 15.6. The maximum atomic E-state index is 9.78. The Labute approximate surface area is 154 Å². The molecule has 5 nitrogen and oxygen atoms in total. The number of aryl methyl sites for hydroxylation is 1. The molecule has 5 heteroatoms. The lowest BCUT2D eigenvalue weighted by atomic mass is 9.79.